The van der Waals surface area contributed by atoms with Crippen molar-refractivity contribution in [3.63, 3.8) is 0 Å². The zero-order valence-corrected chi connectivity index (χ0v) is 18.8. The molecular weight excluding hydrogens is 406 g/mol. The molecule has 0 bridgehead atoms. The fourth-order valence-electron chi connectivity index (χ4n) is 3.69. The van der Waals surface area contributed by atoms with Crippen LogP contribution in [0.25, 0.3) is 22.4 Å². The molecule has 5 rings (SSSR count). The van der Waals surface area contributed by atoms with E-state index in [0.29, 0.717) is 5.03 Å². The second-order valence-electron chi connectivity index (χ2n) is 7.92. The van der Waals surface area contributed by atoms with Crippen molar-refractivity contribution in [1.29, 1.82) is 0 Å². The number of hydrogen-bond acceptors (Lipinski definition) is 5. The van der Waals surface area contributed by atoms with Crippen LogP contribution in [0.5, 0.6) is 5.75 Å². The Balaban J connectivity index is 0.000000325. The number of aromatic nitrogens is 2. The quantitative estimate of drug-likeness (QED) is 0.308. The summed E-state index contributed by atoms with van der Waals surface area (Å²) < 4.78 is 17.2. The largest absolute Gasteiger partial charge is 0.610 e. The molecule has 1 aliphatic heterocycles. The molecule has 2 aliphatic carbocycles. The minimum Gasteiger partial charge on any atom is -0.610 e. The highest BCUT2D eigenvalue weighted by Gasteiger charge is 2.10. The summed E-state index contributed by atoms with van der Waals surface area (Å²) in [5.74, 6) is 0.877. The molecule has 0 spiro atoms. The summed E-state index contributed by atoms with van der Waals surface area (Å²) in [6, 6.07) is 20.0. The molecule has 0 saturated carbocycles. The van der Waals surface area contributed by atoms with Crippen LogP contribution in [0.1, 0.15) is 25.7 Å². The summed E-state index contributed by atoms with van der Waals surface area (Å²) in [6.07, 6.45) is 6.70. The standard InChI is InChI=1S/C19H25N3O2S.C6H4/c1-25(23)19-11-10-18(20-21-19)16-6-8-17(9-7-16)24-15-5-14-22-12-3-2-4-13-22;1-2-5-4-6(5)3-1/h6-11H,2-5,12-15H2,1H3;1-4H. The van der Waals surface area contributed by atoms with Crippen LogP contribution in [-0.2, 0) is 11.2 Å². The van der Waals surface area contributed by atoms with E-state index in [2.05, 4.69) is 39.4 Å². The van der Waals surface area contributed by atoms with Crippen molar-refractivity contribution < 1.29 is 9.29 Å². The molecule has 0 N–H and O–H groups in total. The van der Waals surface area contributed by atoms with Gasteiger partial charge in [-0.2, -0.15) is 0 Å². The van der Waals surface area contributed by atoms with Gasteiger partial charge in [-0.15, -0.1) is 5.10 Å². The predicted molar refractivity (Wildman–Crippen MR) is 126 cm³/mol. The number of benzene rings is 2. The van der Waals surface area contributed by atoms with Crippen LogP contribution in [0.3, 0.4) is 0 Å². The number of hydrogen-bond donors (Lipinski definition) is 0. The third-order valence-electron chi connectivity index (χ3n) is 5.53. The number of fused-ring (bicyclic) bond motifs is 1. The highest BCUT2D eigenvalue weighted by atomic mass is 32.2. The van der Waals surface area contributed by atoms with Gasteiger partial charge in [-0.05, 0) is 79.9 Å². The van der Waals surface area contributed by atoms with Crippen molar-refractivity contribution in [2.45, 2.75) is 30.7 Å². The lowest BCUT2D eigenvalue weighted by Gasteiger charge is -2.26. The lowest BCUT2D eigenvalue weighted by atomic mass is 10.1. The first kappa shape index (κ1) is 21.8. The molecule has 3 aliphatic rings. The first-order chi connectivity index (χ1) is 15.2. The first-order valence-corrected chi connectivity index (χ1v) is 12.5. The third kappa shape index (κ3) is 6.53. The Morgan fingerprint density at radius 3 is 2.19 bits per heavy atom. The van der Waals surface area contributed by atoms with Crippen LogP contribution in [0.4, 0.5) is 0 Å². The number of nitrogens with zero attached hydrogens (tertiary/aromatic N) is 3. The van der Waals surface area contributed by atoms with Gasteiger partial charge in [-0.3, -0.25) is 0 Å². The van der Waals surface area contributed by atoms with Gasteiger partial charge in [0.1, 0.15) is 12.0 Å². The van der Waals surface area contributed by atoms with Gasteiger partial charge < -0.3 is 14.2 Å². The van der Waals surface area contributed by atoms with Gasteiger partial charge in [0.25, 0.3) is 5.03 Å². The Labute approximate surface area is 187 Å². The van der Waals surface area contributed by atoms with Crippen LogP contribution in [-0.4, -0.2) is 52.1 Å². The second-order valence-corrected chi connectivity index (χ2v) is 9.25. The van der Waals surface area contributed by atoms with E-state index in [9.17, 15) is 4.55 Å². The van der Waals surface area contributed by atoms with Crippen LogP contribution >= 0.6 is 0 Å². The summed E-state index contributed by atoms with van der Waals surface area (Å²) in [6.45, 7) is 4.34. The smallest absolute Gasteiger partial charge is 0.263 e. The van der Waals surface area contributed by atoms with E-state index >= 15 is 0 Å². The molecule has 5 nitrogen and oxygen atoms in total. The average molecular weight is 436 g/mol. The maximum atomic E-state index is 11.4. The molecule has 1 atom stereocenters. The molecule has 1 saturated heterocycles. The third-order valence-corrected chi connectivity index (χ3v) is 6.34. The number of rotatable bonds is 7. The van der Waals surface area contributed by atoms with E-state index in [0.717, 1.165) is 36.6 Å². The second kappa shape index (κ2) is 10.8. The van der Waals surface area contributed by atoms with Gasteiger partial charge in [0.15, 0.2) is 0 Å². The molecular formula is C25H29N3O2S. The maximum Gasteiger partial charge on any atom is 0.263 e. The average Bonchev–Trinajstić information content (AvgIpc) is 3.42. The number of piperidine rings is 1. The Morgan fingerprint density at radius 1 is 0.903 bits per heavy atom. The van der Waals surface area contributed by atoms with Crippen LogP contribution < -0.4 is 4.74 Å². The summed E-state index contributed by atoms with van der Waals surface area (Å²) >= 11 is -1.10. The Hall–Kier alpha value is -2.41. The van der Waals surface area contributed by atoms with Crippen molar-refractivity contribution in [1.82, 2.24) is 15.1 Å². The SMILES string of the molecule is C[S+]([O-])c1ccc(-c2ccc(OCCCN3CCCCC3)cc2)nn1.c1cc2cc-2c1. The molecule has 2 heterocycles. The summed E-state index contributed by atoms with van der Waals surface area (Å²) in [4.78, 5) is 2.53. The molecule has 0 radical (unpaired) electrons. The fraction of sp³-hybridized carbons (Fsp3) is 0.360. The Kier molecular flexibility index (Phi) is 7.57. The lowest BCUT2D eigenvalue weighted by Crippen LogP contribution is -2.31. The van der Waals surface area contributed by atoms with E-state index in [1.165, 1.54) is 43.5 Å². The van der Waals surface area contributed by atoms with Crippen LogP contribution in [0.2, 0.25) is 0 Å². The van der Waals surface area contributed by atoms with Crippen molar-refractivity contribution in [3.8, 4) is 28.1 Å². The van der Waals surface area contributed by atoms with Gasteiger partial charge in [0.05, 0.1) is 12.3 Å². The van der Waals surface area contributed by atoms with E-state index in [-0.39, 0.29) is 0 Å². The van der Waals surface area contributed by atoms with Crippen molar-refractivity contribution in [3.05, 3.63) is 60.7 Å². The van der Waals surface area contributed by atoms with Gasteiger partial charge in [0, 0.05) is 29.4 Å². The summed E-state index contributed by atoms with van der Waals surface area (Å²) in [5, 5.41) is 8.63. The molecule has 1 unspecified atom stereocenters. The predicted octanol–water partition coefficient (Wildman–Crippen LogP) is 4.80. The minimum atomic E-state index is -1.10. The monoisotopic (exact) mass is 435 g/mol. The zero-order valence-electron chi connectivity index (χ0n) is 18.0. The minimum absolute atomic E-state index is 0.498. The van der Waals surface area contributed by atoms with Gasteiger partial charge in [-0.25, -0.2) is 0 Å². The van der Waals surface area contributed by atoms with Crippen molar-refractivity contribution in [2.75, 3.05) is 32.5 Å². The highest BCUT2D eigenvalue weighted by molar-refractivity contribution is 7.90. The van der Waals surface area contributed by atoms with Gasteiger partial charge in [0.2, 0.25) is 0 Å². The summed E-state index contributed by atoms with van der Waals surface area (Å²) in [5.41, 5.74) is 4.59. The van der Waals surface area contributed by atoms with E-state index in [4.69, 9.17) is 4.74 Å². The highest BCUT2D eigenvalue weighted by Crippen LogP contribution is 2.32. The van der Waals surface area contributed by atoms with E-state index in [1.807, 2.05) is 30.3 Å². The lowest BCUT2D eigenvalue weighted by molar-refractivity contribution is 0.205. The maximum absolute atomic E-state index is 11.4. The molecule has 1 aromatic heterocycles. The Morgan fingerprint density at radius 2 is 1.65 bits per heavy atom. The molecule has 1 fully saturated rings. The molecule has 1 aromatic carbocycles. The fourth-order valence-corrected chi connectivity index (χ4v) is 4.10. The topological polar surface area (TPSA) is 61.3 Å². The number of ether oxygens (including phenoxy) is 1. The Bertz CT molecular complexity index is 938. The number of likely N-dealkylation sites (tertiary alicyclic amines) is 1. The van der Waals surface area contributed by atoms with Crippen molar-refractivity contribution >= 4 is 11.2 Å². The van der Waals surface area contributed by atoms with Crippen molar-refractivity contribution in [2.24, 2.45) is 0 Å². The normalized spacial score (nSPS) is 15.5. The van der Waals surface area contributed by atoms with E-state index < -0.39 is 11.2 Å². The van der Waals surface area contributed by atoms with E-state index in [1.54, 1.807) is 12.3 Å². The van der Waals surface area contributed by atoms with Gasteiger partial charge >= 0.3 is 0 Å². The van der Waals surface area contributed by atoms with Crippen LogP contribution in [0, 0.1) is 0 Å². The molecule has 6 heteroatoms. The van der Waals surface area contributed by atoms with Gasteiger partial charge in [-0.1, -0.05) is 29.7 Å². The zero-order chi connectivity index (χ0) is 21.5. The molecule has 0 amide bonds. The van der Waals surface area contributed by atoms with Crippen LogP contribution in [0.15, 0.2) is 65.7 Å². The molecule has 2 aromatic rings. The summed E-state index contributed by atoms with van der Waals surface area (Å²) in [7, 11) is 0. The molecule has 31 heavy (non-hydrogen) atoms. The first-order valence-electron chi connectivity index (χ1n) is 10.9. The molecule has 162 valence electrons.